The van der Waals surface area contributed by atoms with Gasteiger partial charge in [0.1, 0.15) is 29.9 Å². The number of halogens is 2. The molecule has 0 saturated carbocycles. The third kappa shape index (κ3) is 5.85. The summed E-state index contributed by atoms with van der Waals surface area (Å²) in [6.07, 6.45) is 1.25. The van der Waals surface area contributed by atoms with Crippen LogP contribution in [0.25, 0.3) is 0 Å². The Morgan fingerprint density at radius 3 is 2.30 bits per heavy atom. The molecule has 1 aromatic heterocycles. The van der Waals surface area contributed by atoms with E-state index in [2.05, 4.69) is 15.8 Å². The normalized spacial score (nSPS) is 10.2. The molecule has 7 nitrogen and oxygen atoms in total. The summed E-state index contributed by atoms with van der Waals surface area (Å²) < 4.78 is 11.2. The van der Waals surface area contributed by atoms with Gasteiger partial charge in [-0.25, -0.2) is 4.98 Å². The number of aromatic nitrogens is 1. The molecule has 3 rings (SSSR count). The molecule has 2 amide bonds. The molecule has 30 heavy (non-hydrogen) atoms. The van der Waals surface area contributed by atoms with Crippen molar-refractivity contribution < 1.29 is 19.1 Å². The van der Waals surface area contributed by atoms with E-state index in [4.69, 9.17) is 32.7 Å². The van der Waals surface area contributed by atoms with Gasteiger partial charge in [0.15, 0.2) is 0 Å². The Bertz CT molecular complexity index is 1030. The van der Waals surface area contributed by atoms with Crippen LogP contribution < -0.4 is 20.3 Å². The van der Waals surface area contributed by atoms with Gasteiger partial charge in [-0.15, -0.1) is 0 Å². The summed E-state index contributed by atoms with van der Waals surface area (Å²) in [4.78, 5) is 28.4. The van der Waals surface area contributed by atoms with Crippen LogP contribution in [0.5, 0.6) is 11.5 Å². The molecule has 9 heteroatoms. The number of hydrogen-bond acceptors (Lipinski definition) is 5. The van der Waals surface area contributed by atoms with Crippen LogP contribution in [0.2, 0.25) is 10.2 Å². The Hall–Kier alpha value is -3.29. The Morgan fingerprint density at radius 2 is 1.53 bits per heavy atom. The van der Waals surface area contributed by atoms with Crippen molar-refractivity contribution in [2.24, 2.45) is 0 Å². The molecule has 0 aliphatic heterocycles. The molecule has 0 fully saturated rings. The van der Waals surface area contributed by atoms with Crippen LogP contribution in [-0.2, 0) is 0 Å². The number of benzene rings is 2. The minimum atomic E-state index is -0.593. The van der Waals surface area contributed by atoms with Gasteiger partial charge in [0, 0.05) is 6.20 Å². The molecule has 0 spiro atoms. The molecule has 2 aromatic carbocycles. The van der Waals surface area contributed by atoms with Gasteiger partial charge in [0.05, 0.1) is 16.1 Å². The maximum atomic E-state index is 12.5. The number of hydrazine groups is 1. The standard InChI is InChI=1S/C21H17Cl2N3O4/c22-17-12-14(13-24-19(17)23)20(27)25-26-21(28)16-8-4-5-9-18(16)30-11-10-29-15-6-2-1-3-7-15/h1-9,12-13H,10-11H2,(H,25,27)(H,26,28). The second-order valence-electron chi connectivity index (χ2n) is 5.91. The second-order valence-corrected chi connectivity index (χ2v) is 6.68. The molecule has 0 saturated heterocycles. The summed E-state index contributed by atoms with van der Waals surface area (Å²) in [6, 6.07) is 17.3. The van der Waals surface area contributed by atoms with Crippen LogP contribution in [-0.4, -0.2) is 30.0 Å². The average Bonchev–Trinajstić information content (AvgIpc) is 2.77. The molecular weight excluding hydrogens is 429 g/mol. The first kappa shape index (κ1) is 21.4. The van der Waals surface area contributed by atoms with Gasteiger partial charge >= 0.3 is 0 Å². The first-order chi connectivity index (χ1) is 14.5. The van der Waals surface area contributed by atoms with Crippen molar-refractivity contribution in [3.05, 3.63) is 88.2 Å². The highest BCUT2D eigenvalue weighted by molar-refractivity contribution is 6.41. The number of pyridine rings is 1. The minimum absolute atomic E-state index is 0.0829. The topological polar surface area (TPSA) is 89.6 Å². The SMILES string of the molecule is O=C(NNC(=O)c1ccccc1OCCOc1ccccc1)c1cnc(Cl)c(Cl)c1. The Morgan fingerprint density at radius 1 is 0.867 bits per heavy atom. The quantitative estimate of drug-likeness (QED) is 0.326. The number of nitrogens with zero attached hydrogens (tertiary/aromatic N) is 1. The summed E-state index contributed by atoms with van der Waals surface area (Å²) in [5, 5.41) is 0.215. The Kier molecular flexibility index (Phi) is 7.48. The molecule has 0 unspecified atom stereocenters. The van der Waals surface area contributed by atoms with Crippen LogP contribution in [0.15, 0.2) is 66.9 Å². The Balaban J connectivity index is 1.54. The summed E-state index contributed by atoms with van der Waals surface area (Å²) >= 11 is 11.6. The fourth-order valence-electron chi connectivity index (χ4n) is 2.41. The van der Waals surface area contributed by atoms with Gasteiger partial charge in [-0.2, -0.15) is 0 Å². The smallest absolute Gasteiger partial charge is 0.273 e. The summed E-state index contributed by atoms with van der Waals surface area (Å²) in [7, 11) is 0. The zero-order chi connectivity index (χ0) is 21.3. The molecule has 1 heterocycles. The van der Waals surface area contributed by atoms with Gasteiger partial charge in [-0.3, -0.25) is 20.4 Å². The lowest BCUT2D eigenvalue weighted by Crippen LogP contribution is -2.41. The van der Waals surface area contributed by atoms with Crippen molar-refractivity contribution >= 4 is 35.0 Å². The number of rotatable bonds is 7. The highest BCUT2D eigenvalue weighted by atomic mass is 35.5. The van der Waals surface area contributed by atoms with Crippen LogP contribution in [0.3, 0.4) is 0 Å². The zero-order valence-corrected chi connectivity index (χ0v) is 17.1. The fraction of sp³-hybridized carbons (Fsp3) is 0.0952. The van der Waals surface area contributed by atoms with E-state index in [9.17, 15) is 9.59 Å². The second kappa shape index (κ2) is 10.5. The lowest BCUT2D eigenvalue weighted by Gasteiger charge is -2.13. The number of carbonyl (C=O) groups is 2. The van der Waals surface area contributed by atoms with E-state index in [0.717, 1.165) is 5.75 Å². The first-order valence-corrected chi connectivity index (χ1v) is 9.61. The number of nitrogens with one attached hydrogen (secondary N) is 2. The van der Waals surface area contributed by atoms with Gasteiger partial charge < -0.3 is 9.47 Å². The van der Waals surface area contributed by atoms with Crippen molar-refractivity contribution in [2.45, 2.75) is 0 Å². The van der Waals surface area contributed by atoms with Gasteiger partial charge in [-0.1, -0.05) is 53.5 Å². The van der Waals surface area contributed by atoms with Gasteiger partial charge in [0.25, 0.3) is 11.8 Å². The van der Waals surface area contributed by atoms with Crippen molar-refractivity contribution in [1.82, 2.24) is 15.8 Å². The molecule has 3 aromatic rings. The minimum Gasteiger partial charge on any atom is -0.490 e. The maximum Gasteiger partial charge on any atom is 0.273 e. The van der Waals surface area contributed by atoms with Crippen LogP contribution >= 0.6 is 23.2 Å². The van der Waals surface area contributed by atoms with E-state index in [0.29, 0.717) is 12.4 Å². The molecule has 0 atom stereocenters. The molecule has 0 radical (unpaired) electrons. The van der Waals surface area contributed by atoms with E-state index < -0.39 is 11.8 Å². The molecule has 154 valence electrons. The highest BCUT2D eigenvalue weighted by Crippen LogP contribution is 2.20. The molecular formula is C21H17Cl2N3O4. The monoisotopic (exact) mass is 445 g/mol. The van der Waals surface area contributed by atoms with Crippen molar-refractivity contribution in [3.63, 3.8) is 0 Å². The van der Waals surface area contributed by atoms with Crippen molar-refractivity contribution in [1.29, 1.82) is 0 Å². The molecule has 0 bridgehead atoms. The number of ether oxygens (including phenoxy) is 2. The third-order valence-electron chi connectivity index (χ3n) is 3.83. The van der Waals surface area contributed by atoms with Gasteiger partial charge in [0.2, 0.25) is 0 Å². The average molecular weight is 446 g/mol. The summed E-state index contributed by atoms with van der Waals surface area (Å²) in [5.41, 5.74) is 5.03. The molecule has 0 aliphatic carbocycles. The highest BCUT2D eigenvalue weighted by Gasteiger charge is 2.14. The third-order valence-corrected chi connectivity index (χ3v) is 4.52. The summed E-state index contributed by atoms with van der Waals surface area (Å²) in [6.45, 7) is 0.543. The number of carbonyl (C=O) groups excluding carboxylic acids is 2. The predicted molar refractivity (Wildman–Crippen MR) is 113 cm³/mol. The van der Waals surface area contributed by atoms with Crippen LogP contribution in [0.1, 0.15) is 20.7 Å². The van der Waals surface area contributed by atoms with E-state index in [1.807, 2.05) is 30.3 Å². The maximum absolute atomic E-state index is 12.5. The largest absolute Gasteiger partial charge is 0.490 e. The van der Waals surface area contributed by atoms with E-state index in [-0.39, 0.29) is 27.9 Å². The lowest BCUT2D eigenvalue weighted by molar-refractivity contribution is 0.0843. The Labute approximate surface area is 182 Å². The van der Waals surface area contributed by atoms with Crippen LogP contribution in [0, 0.1) is 0 Å². The van der Waals surface area contributed by atoms with E-state index >= 15 is 0 Å². The zero-order valence-electron chi connectivity index (χ0n) is 15.6. The fourth-order valence-corrected chi connectivity index (χ4v) is 2.68. The molecule has 2 N–H and O–H groups in total. The van der Waals surface area contributed by atoms with Gasteiger partial charge in [-0.05, 0) is 30.3 Å². The van der Waals surface area contributed by atoms with E-state index in [1.165, 1.54) is 12.3 Å². The number of para-hydroxylation sites is 2. The molecule has 0 aliphatic rings. The summed E-state index contributed by atoms with van der Waals surface area (Å²) in [5.74, 6) is -0.0521. The predicted octanol–water partition coefficient (Wildman–Crippen LogP) is 3.92. The number of amides is 2. The number of hydrogen-bond donors (Lipinski definition) is 2. The van der Waals surface area contributed by atoms with E-state index in [1.54, 1.807) is 24.3 Å². The lowest BCUT2D eigenvalue weighted by atomic mass is 10.2. The van der Waals surface area contributed by atoms with Crippen molar-refractivity contribution in [3.8, 4) is 11.5 Å². The van der Waals surface area contributed by atoms with Crippen molar-refractivity contribution in [2.75, 3.05) is 13.2 Å². The van der Waals surface area contributed by atoms with Crippen LogP contribution in [0.4, 0.5) is 0 Å². The first-order valence-electron chi connectivity index (χ1n) is 8.86.